The molecule has 0 fully saturated rings. The third-order valence-electron chi connectivity index (χ3n) is 5.79. The minimum atomic E-state index is -0.278. The monoisotopic (exact) mass is 507 g/mol. The van der Waals surface area contributed by atoms with E-state index in [0.29, 0.717) is 31.3 Å². The number of hydrogen-bond donors (Lipinski definition) is 0. The van der Waals surface area contributed by atoms with Crippen LogP contribution in [0.1, 0.15) is 16.7 Å². The van der Waals surface area contributed by atoms with E-state index < -0.39 is 0 Å². The topological polar surface area (TPSA) is 72.0 Å². The molecule has 3 aromatic rings. The number of carbonyl (C=O) groups is 2. The predicted molar refractivity (Wildman–Crippen MR) is 126 cm³/mol. The molecule has 0 spiro atoms. The van der Waals surface area contributed by atoms with E-state index in [1.807, 2.05) is 42.5 Å². The smallest absolute Gasteiger partial charge is 0.266 e. The molecule has 0 bridgehead atoms. The van der Waals surface area contributed by atoms with Crippen molar-refractivity contribution >= 4 is 33.6 Å². The van der Waals surface area contributed by atoms with Crippen molar-refractivity contribution in [2.45, 2.75) is 19.6 Å². The number of benzene rings is 2. The summed E-state index contributed by atoms with van der Waals surface area (Å²) >= 11 is 3.35. The first-order valence-corrected chi connectivity index (χ1v) is 11.5. The molecule has 5 rings (SSSR count). The van der Waals surface area contributed by atoms with Gasteiger partial charge in [-0.15, -0.1) is 0 Å². The Morgan fingerprint density at radius 1 is 1.12 bits per heavy atom. The van der Waals surface area contributed by atoms with Crippen molar-refractivity contribution in [3.63, 3.8) is 0 Å². The second-order valence-electron chi connectivity index (χ2n) is 8.01. The van der Waals surface area contributed by atoms with Gasteiger partial charge in [0.1, 0.15) is 18.9 Å². The van der Waals surface area contributed by atoms with Crippen LogP contribution in [0.5, 0.6) is 11.5 Å². The zero-order chi connectivity index (χ0) is 22.8. The fourth-order valence-electron chi connectivity index (χ4n) is 4.03. The van der Waals surface area contributed by atoms with E-state index in [9.17, 15) is 9.59 Å². The number of carbonyl (C=O) groups excluding carboxylic acids is 2. The SMILES string of the molecule is O=C(CN1C(=O)COc2cc(Br)cnc21)N1CCc2ccc(OCc3ccccc3)cc2C1. The van der Waals surface area contributed by atoms with Crippen molar-refractivity contribution in [2.75, 3.05) is 24.6 Å². The number of amides is 2. The fraction of sp³-hybridized carbons (Fsp3) is 0.240. The van der Waals surface area contributed by atoms with E-state index >= 15 is 0 Å². The Hall–Kier alpha value is -3.39. The Morgan fingerprint density at radius 3 is 2.82 bits per heavy atom. The lowest BCUT2D eigenvalue weighted by Crippen LogP contribution is -2.47. The lowest BCUT2D eigenvalue weighted by molar-refractivity contribution is -0.132. The molecular formula is C25H22BrN3O4. The maximum atomic E-state index is 13.1. The van der Waals surface area contributed by atoms with Crippen LogP contribution in [0.2, 0.25) is 0 Å². The van der Waals surface area contributed by atoms with Crippen LogP contribution < -0.4 is 14.4 Å². The van der Waals surface area contributed by atoms with Crippen molar-refractivity contribution in [3.05, 3.63) is 82.0 Å². The van der Waals surface area contributed by atoms with Gasteiger partial charge in [-0.05, 0) is 57.2 Å². The molecule has 2 aromatic carbocycles. The Kier molecular flexibility index (Phi) is 6.00. The van der Waals surface area contributed by atoms with Gasteiger partial charge in [0.05, 0.1) is 0 Å². The summed E-state index contributed by atoms with van der Waals surface area (Å²) in [6.07, 6.45) is 2.35. The van der Waals surface area contributed by atoms with Gasteiger partial charge in [-0.3, -0.25) is 14.5 Å². The number of pyridine rings is 1. The minimum absolute atomic E-state index is 0.0661. The van der Waals surface area contributed by atoms with Gasteiger partial charge in [0.2, 0.25) is 5.91 Å². The molecule has 0 saturated heterocycles. The van der Waals surface area contributed by atoms with Gasteiger partial charge in [-0.1, -0.05) is 36.4 Å². The number of hydrogen-bond acceptors (Lipinski definition) is 5. The second kappa shape index (κ2) is 9.23. The molecule has 33 heavy (non-hydrogen) atoms. The summed E-state index contributed by atoms with van der Waals surface area (Å²) in [4.78, 5) is 33.0. The van der Waals surface area contributed by atoms with Crippen molar-refractivity contribution in [1.29, 1.82) is 0 Å². The molecule has 0 radical (unpaired) electrons. The molecular weight excluding hydrogens is 486 g/mol. The summed E-state index contributed by atoms with van der Waals surface area (Å²) in [5, 5.41) is 0. The molecule has 7 nitrogen and oxygen atoms in total. The molecule has 0 unspecified atom stereocenters. The average molecular weight is 508 g/mol. The molecule has 1 aromatic heterocycles. The highest BCUT2D eigenvalue weighted by atomic mass is 79.9. The van der Waals surface area contributed by atoms with Crippen molar-refractivity contribution in [3.8, 4) is 11.5 Å². The zero-order valence-corrected chi connectivity index (χ0v) is 19.5. The van der Waals surface area contributed by atoms with Gasteiger partial charge < -0.3 is 14.4 Å². The van der Waals surface area contributed by atoms with Crippen LogP contribution in [0.4, 0.5) is 5.82 Å². The summed E-state index contributed by atoms with van der Waals surface area (Å²) < 4.78 is 12.2. The van der Waals surface area contributed by atoms with E-state index in [2.05, 4.69) is 27.0 Å². The van der Waals surface area contributed by atoms with Crippen molar-refractivity contribution in [2.24, 2.45) is 0 Å². The molecule has 8 heteroatoms. The number of anilines is 1. The largest absolute Gasteiger partial charge is 0.489 e. The summed E-state index contributed by atoms with van der Waals surface area (Å²) in [6.45, 7) is 1.40. The van der Waals surface area contributed by atoms with E-state index in [0.717, 1.165) is 27.8 Å². The maximum absolute atomic E-state index is 13.1. The normalized spacial score (nSPS) is 14.9. The summed E-state index contributed by atoms with van der Waals surface area (Å²) in [5.41, 5.74) is 3.38. The molecule has 0 atom stereocenters. The summed E-state index contributed by atoms with van der Waals surface area (Å²) in [5.74, 6) is 1.23. The minimum Gasteiger partial charge on any atom is -0.489 e. The number of fused-ring (bicyclic) bond motifs is 2. The number of nitrogens with zero attached hydrogens (tertiary/aromatic N) is 3. The van der Waals surface area contributed by atoms with E-state index in [1.165, 1.54) is 10.5 Å². The maximum Gasteiger partial charge on any atom is 0.266 e. The second-order valence-corrected chi connectivity index (χ2v) is 8.93. The Morgan fingerprint density at radius 2 is 1.97 bits per heavy atom. The number of halogens is 1. The molecule has 0 aliphatic carbocycles. The molecule has 2 amide bonds. The lowest BCUT2D eigenvalue weighted by Gasteiger charge is -2.33. The molecule has 0 saturated carbocycles. The lowest BCUT2D eigenvalue weighted by atomic mass is 9.99. The van der Waals surface area contributed by atoms with Gasteiger partial charge in [0.15, 0.2) is 18.2 Å². The molecule has 3 heterocycles. The van der Waals surface area contributed by atoms with Crippen LogP contribution in [0.3, 0.4) is 0 Å². The first-order valence-electron chi connectivity index (χ1n) is 10.7. The van der Waals surface area contributed by atoms with Crippen molar-refractivity contribution < 1.29 is 19.1 Å². The predicted octanol–water partition coefficient (Wildman–Crippen LogP) is 3.73. The molecule has 2 aliphatic heterocycles. The third-order valence-corrected chi connectivity index (χ3v) is 6.23. The highest BCUT2D eigenvalue weighted by Gasteiger charge is 2.31. The van der Waals surface area contributed by atoms with Gasteiger partial charge in [-0.2, -0.15) is 0 Å². The summed E-state index contributed by atoms with van der Waals surface area (Å²) in [7, 11) is 0. The van der Waals surface area contributed by atoms with Gasteiger partial charge >= 0.3 is 0 Å². The van der Waals surface area contributed by atoms with Gasteiger partial charge in [0, 0.05) is 23.8 Å². The number of ether oxygens (including phenoxy) is 2. The summed E-state index contributed by atoms with van der Waals surface area (Å²) in [6, 6.07) is 17.8. The zero-order valence-electron chi connectivity index (χ0n) is 17.9. The molecule has 2 aliphatic rings. The molecule has 168 valence electrons. The quantitative estimate of drug-likeness (QED) is 0.526. The number of aromatic nitrogens is 1. The number of rotatable bonds is 5. The highest BCUT2D eigenvalue weighted by molar-refractivity contribution is 9.10. The Balaban J connectivity index is 1.27. The standard InChI is InChI=1S/C25H22BrN3O4/c26-20-11-22-25(27-12-20)29(24(31)16-33-22)14-23(30)28-9-8-18-6-7-21(10-19(18)13-28)32-15-17-4-2-1-3-5-17/h1-7,10-12H,8-9,13-16H2. The van der Waals surface area contributed by atoms with Crippen LogP contribution in [-0.2, 0) is 29.2 Å². The van der Waals surface area contributed by atoms with E-state index in [1.54, 1.807) is 17.2 Å². The van der Waals surface area contributed by atoms with Crippen LogP contribution in [0.25, 0.3) is 0 Å². The van der Waals surface area contributed by atoms with Crippen molar-refractivity contribution in [1.82, 2.24) is 9.88 Å². The first-order chi connectivity index (χ1) is 16.1. The van der Waals surface area contributed by atoms with Gasteiger partial charge in [-0.25, -0.2) is 4.98 Å². The average Bonchev–Trinajstić information content (AvgIpc) is 2.84. The Bertz CT molecular complexity index is 1200. The van der Waals surface area contributed by atoms with Crippen LogP contribution in [0.15, 0.2) is 65.3 Å². The van der Waals surface area contributed by atoms with Crippen LogP contribution >= 0.6 is 15.9 Å². The van der Waals surface area contributed by atoms with Crippen LogP contribution in [-0.4, -0.2) is 41.4 Å². The third kappa shape index (κ3) is 4.71. The van der Waals surface area contributed by atoms with Gasteiger partial charge in [0.25, 0.3) is 5.91 Å². The first kappa shape index (κ1) is 21.5. The molecule has 0 N–H and O–H groups in total. The fourth-order valence-corrected chi connectivity index (χ4v) is 4.34. The van der Waals surface area contributed by atoms with Crippen LogP contribution in [0, 0.1) is 0 Å². The van der Waals surface area contributed by atoms with E-state index in [4.69, 9.17) is 9.47 Å². The van der Waals surface area contributed by atoms with E-state index in [-0.39, 0.29) is 25.0 Å². The Labute approximate surface area is 200 Å². The highest BCUT2D eigenvalue weighted by Crippen LogP contribution is 2.32.